The minimum absolute atomic E-state index is 0. The highest BCUT2D eigenvalue weighted by atomic mass is 35.5. The summed E-state index contributed by atoms with van der Waals surface area (Å²) in [7, 11) is 0. The van der Waals surface area contributed by atoms with Crippen LogP contribution >= 0.6 is 12.4 Å². The van der Waals surface area contributed by atoms with Crippen molar-refractivity contribution >= 4 is 24.3 Å². The van der Waals surface area contributed by atoms with Crippen LogP contribution in [0.15, 0.2) is 30.3 Å². The Balaban J connectivity index is 0.00000256. The van der Waals surface area contributed by atoms with Crippen molar-refractivity contribution in [2.24, 2.45) is 5.73 Å². The van der Waals surface area contributed by atoms with Gasteiger partial charge in [-0.15, -0.1) is 12.4 Å². The molecule has 1 aromatic rings. The SMILES string of the molecule is CC[C@H](NC(=N)NC(=N)N)c1ccccc1.Cl. The lowest BCUT2D eigenvalue weighted by Crippen LogP contribution is -2.44. The van der Waals surface area contributed by atoms with Crippen molar-refractivity contribution < 1.29 is 0 Å². The molecular weight excluding hydrogens is 238 g/mol. The van der Waals surface area contributed by atoms with Gasteiger partial charge in [0.25, 0.3) is 0 Å². The Kier molecular flexibility index (Phi) is 6.74. The van der Waals surface area contributed by atoms with Crippen molar-refractivity contribution in [1.29, 1.82) is 10.8 Å². The molecule has 0 radical (unpaired) electrons. The monoisotopic (exact) mass is 255 g/mol. The van der Waals surface area contributed by atoms with Gasteiger partial charge in [0, 0.05) is 0 Å². The predicted molar refractivity (Wildman–Crippen MR) is 72.6 cm³/mol. The second-order valence-corrected chi connectivity index (χ2v) is 3.43. The van der Waals surface area contributed by atoms with Crippen LogP contribution in [0.2, 0.25) is 0 Å². The maximum Gasteiger partial charge on any atom is 0.195 e. The normalized spacial score (nSPS) is 10.9. The van der Waals surface area contributed by atoms with Gasteiger partial charge in [-0.05, 0) is 12.0 Å². The fourth-order valence-corrected chi connectivity index (χ4v) is 1.45. The van der Waals surface area contributed by atoms with E-state index in [1.807, 2.05) is 37.3 Å². The van der Waals surface area contributed by atoms with E-state index in [4.69, 9.17) is 16.6 Å². The molecule has 6 N–H and O–H groups in total. The number of hydrogen-bond donors (Lipinski definition) is 5. The Bertz CT molecular complexity index is 365. The number of guanidine groups is 2. The molecule has 6 heteroatoms. The van der Waals surface area contributed by atoms with Gasteiger partial charge in [-0.1, -0.05) is 37.3 Å². The van der Waals surface area contributed by atoms with E-state index in [0.717, 1.165) is 12.0 Å². The summed E-state index contributed by atoms with van der Waals surface area (Å²) in [6.07, 6.45) is 0.853. The van der Waals surface area contributed by atoms with Crippen molar-refractivity contribution in [3.63, 3.8) is 0 Å². The first kappa shape index (κ1) is 15.2. The summed E-state index contributed by atoms with van der Waals surface area (Å²) in [6.45, 7) is 2.03. The number of halogens is 1. The number of rotatable bonds is 3. The largest absolute Gasteiger partial charge is 0.370 e. The van der Waals surface area contributed by atoms with Gasteiger partial charge in [-0.2, -0.15) is 0 Å². The lowest BCUT2D eigenvalue weighted by Gasteiger charge is -2.19. The summed E-state index contributed by atoms with van der Waals surface area (Å²) in [6, 6.07) is 9.93. The van der Waals surface area contributed by atoms with E-state index in [-0.39, 0.29) is 30.4 Å². The molecule has 0 saturated heterocycles. The highest BCUT2D eigenvalue weighted by Crippen LogP contribution is 2.15. The van der Waals surface area contributed by atoms with Crippen molar-refractivity contribution in [2.75, 3.05) is 0 Å². The molecule has 0 aromatic heterocycles. The van der Waals surface area contributed by atoms with Crippen LogP contribution in [-0.4, -0.2) is 11.9 Å². The Hall–Kier alpha value is -1.75. The molecule has 0 aliphatic carbocycles. The van der Waals surface area contributed by atoms with E-state index >= 15 is 0 Å². The number of nitrogens with two attached hydrogens (primary N) is 1. The summed E-state index contributed by atoms with van der Waals surface area (Å²) in [5.74, 6) is -0.191. The van der Waals surface area contributed by atoms with Crippen molar-refractivity contribution in [1.82, 2.24) is 10.6 Å². The topological polar surface area (TPSA) is 97.8 Å². The molecule has 1 rings (SSSR count). The predicted octanol–water partition coefficient (Wildman–Crippen LogP) is 1.57. The van der Waals surface area contributed by atoms with E-state index in [1.165, 1.54) is 0 Å². The fourth-order valence-electron chi connectivity index (χ4n) is 1.45. The molecule has 0 spiro atoms. The van der Waals surface area contributed by atoms with Gasteiger partial charge in [0.1, 0.15) is 0 Å². The first-order chi connectivity index (χ1) is 7.63. The van der Waals surface area contributed by atoms with Gasteiger partial charge < -0.3 is 11.1 Å². The summed E-state index contributed by atoms with van der Waals surface area (Å²) >= 11 is 0. The molecule has 17 heavy (non-hydrogen) atoms. The Morgan fingerprint density at radius 1 is 1.29 bits per heavy atom. The maximum atomic E-state index is 7.56. The zero-order chi connectivity index (χ0) is 12.0. The van der Waals surface area contributed by atoms with E-state index in [2.05, 4.69) is 10.6 Å². The van der Waals surface area contributed by atoms with Gasteiger partial charge in [0.2, 0.25) is 0 Å². The molecule has 5 nitrogen and oxygen atoms in total. The van der Waals surface area contributed by atoms with Gasteiger partial charge in [-0.3, -0.25) is 16.1 Å². The average molecular weight is 256 g/mol. The van der Waals surface area contributed by atoms with Crippen LogP contribution in [0.1, 0.15) is 24.9 Å². The minimum Gasteiger partial charge on any atom is -0.370 e. The molecule has 1 aromatic carbocycles. The van der Waals surface area contributed by atoms with Gasteiger partial charge in [0.05, 0.1) is 6.04 Å². The van der Waals surface area contributed by atoms with Crippen LogP contribution in [-0.2, 0) is 0 Å². The second kappa shape index (κ2) is 7.51. The van der Waals surface area contributed by atoms with Crippen molar-refractivity contribution in [3.8, 4) is 0 Å². The second-order valence-electron chi connectivity index (χ2n) is 3.43. The Morgan fingerprint density at radius 2 is 1.88 bits per heavy atom. The lowest BCUT2D eigenvalue weighted by atomic mass is 10.1. The fraction of sp³-hybridized carbons (Fsp3) is 0.273. The molecule has 0 unspecified atom stereocenters. The molecule has 0 saturated carbocycles. The summed E-state index contributed by atoms with van der Waals surface area (Å²) in [5, 5.41) is 20.0. The molecule has 0 amide bonds. The van der Waals surface area contributed by atoms with Crippen LogP contribution in [0.3, 0.4) is 0 Å². The van der Waals surface area contributed by atoms with Crippen LogP contribution in [0.4, 0.5) is 0 Å². The molecule has 0 bridgehead atoms. The number of hydrogen-bond acceptors (Lipinski definition) is 2. The molecule has 0 fully saturated rings. The standard InChI is InChI=1S/C11H17N5.ClH/c1-2-9(8-6-4-3-5-7-8)15-11(14)16-10(12)13;/h3-7,9H,2H2,1H3,(H6,12,13,14,15,16);1H/t9-;/m0./s1. The third-order valence-electron chi connectivity index (χ3n) is 2.19. The van der Waals surface area contributed by atoms with Crippen LogP contribution in [0.5, 0.6) is 0 Å². The molecule has 0 aliphatic rings. The van der Waals surface area contributed by atoms with Crippen LogP contribution in [0, 0.1) is 10.8 Å². The van der Waals surface area contributed by atoms with Gasteiger partial charge in [-0.25, -0.2) is 0 Å². The molecule has 0 heterocycles. The highest BCUT2D eigenvalue weighted by Gasteiger charge is 2.09. The van der Waals surface area contributed by atoms with Gasteiger partial charge >= 0.3 is 0 Å². The quantitative estimate of drug-likeness (QED) is 0.419. The van der Waals surface area contributed by atoms with E-state index in [1.54, 1.807) is 0 Å². The zero-order valence-electron chi connectivity index (χ0n) is 9.66. The lowest BCUT2D eigenvalue weighted by molar-refractivity contribution is 0.616. The van der Waals surface area contributed by atoms with Gasteiger partial charge in [0.15, 0.2) is 11.9 Å². The summed E-state index contributed by atoms with van der Waals surface area (Å²) < 4.78 is 0. The van der Waals surface area contributed by atoms with Crippen molar-refractivity contribution in [2.45, 2.75) is 19.4 Å². The zero-order valence-corrected chi connectivity index (χ0v) is 10.5. The number of benzene rings is 1. The third kappa shape index (κ3) is 5.21. The Labute approximate surface area is 107 Å². The molecule has 1 atom stereocenters. The molecule has 0 aliphatic heterocycles. The maximum absolute atomic E-state index is 7.56. The summed E-state index contributed by atoms with van der Waals surface area (Å²) in [5.41, 5.74) is 6.25. The smallest absolute Gasteiger partial charge is 0.195 e. The highest BCUT2D eigenvalue weighted by molar-refractivity contribution is 5.94. The van der Waals surface area contributed by atoms with E-state index < -0.39 is 0 Å². The van der Waals surface area contributed by atoms with E-state index in [9.17, 15) is 0 Å². The molecular formula is C11H18ClN5. The van der Waals surface area contributed by atoms with Crippen LogP contribution < -0.4 is 16.4 Å². The van der Waals surface area contributed by atoms with Crippen molar-refractivity contribution in [3.05, 3.63) is 35.9 Å². The minimum atomic E-state index is -0.236. The first-order valence-corrected chi connectivity index (χ1v) is 5.14. The van der Waals surface area contributed by atoms with E-state index in [0.29, 0.717) is 0 Å². The Morgan fingerprint density at radius 3 is 2.35 bits per heavy atom. The first-order valence-electron chi connectivity index (χ1n) is 5.14. The summed E-state index contributed by atoms with van der Waals surface area (Å²) in [4.78, 5) is 0. The third-order valence-corrected chi connectivity index (χ3v) is 2.19. The van der Waals surface area contributed by atoms with Crippen LogP contribution in [0.25, 0.3) is 0 Å². The number of nitrogens with one attached hydrogen (secondary N) is 4. The average Bonchev–Trinajstić information content (AvgIpc) is 2.26. The molecule has 94 valence electrons.